The van der Waals surface area contributed by atoms with Crippen LogP contribution in [-0.4, -0.2) is 30.6 Å². The maximum Gasteiger partial charge on any atom is 0.308 e. The number of rotatable bonds is 8. The van der Waals surface area contributed by atoms with Gasteiger partial charge in [-0.05, 0) is 24.5 Å². The number of hydrogen-bond acceptors (Lipinski definition) is 3. The first-order chi connectivity index (χ1) is 10.3. The number of benzene rings is 1. The monoisotopic (exact) mass is 307 g/mol. The van der Waals surface area contributed by atoms with Crippen LogP contribution in [0.5, 0.6) is 5.75 Å². The minimum atomic E-state index is -0.930. The number of aliphatic carboxylic acids is 1. The standard InChI is InChI=1S/C17H25NO4/c1-5-17(2,3)16(21)18-11-13(15(19)20)10-12-8-6-7-9-14(12)22-4/h6-9,13H,5,10-11H2,1-4H3,(H,18,21)(H,19,20). The summed E-state index contributed by atoms with van der Waals surface area (Å²) in [6, 6.07) is 7.32. The molecule has 0 spiro atoms. The zero-order valence-electron chi connectivity index (χ0n) is 13.7. The van der Waals surface area contributed by atoms with Gasteiger partial charge in [0.15, 0.2) is 0 Å². The molecule has 2 N–H and O–H groups in total. The molecule has 0 saturated carbocycles. The normalized spacial score (nSPS) is 12.5. The second kappa shape index (κ2) is 7.82. The largest absolute Gasteiger partial charge is 0.496 e. The van der Waals surface area contributed by atoms with Crippen molar-refractivity contribution in [2.75, 3.05) is 13.7 Å². The number of hydrogen-bond donors (Lipinski definition) is 2. The van der Waals surface area contributed by atoms with E-state index in [1.54, 1.807) is 13.2 Å². The van der Waals surface area contributed by atoms with Gasteiger partial charge < -0.3 is 15.2 Å². The predicted molar refractivity (Wildman–Crippen MR) is 84.9 cm³/mol. The van der Waals surface area contributed by atoms with Crippen molar-refractivity contribution in [1.29, 1.82) is 0 Å². The Labute approximate surface area is 131 Å². The predicted octanol–water partition coefficient (Wildman–Crippen LogP) is 2.49. The van der Waals surface area contributed by atoms with Crippen LogP contribution in [0.3, 0.4) is 0 Å². The van der Waals surface area contributed by atoms with Gasteiger partial charge in [-0.1, -0.05) is 39.0 Å². The van der Waals surface area contributed by atoms with E-state index in [1.165, 1.54) is 0 Å². The second-order valence-electron chi connectivity index (χ2n) is 6.00. The lowest BCUT2D eigenvalue weighted by Gasteiger charge is -2.23. The van der Waals surface area contributed by atoms with Crippen LogP contribution >= 0.6 is 0 Å². The number of ether oxygens (including phenoxy) is 1. The third kappa shape index (κ3) is 4.76. The van der Waals surface area contributed by atoms with Crippen LogP contribution in [0.1, 0.15) is 32.8 Å². The molecule has 0 aliphatic rings. The van der Waals surface area contributed by atoms with E-state index in [0.717, 1.165) is 5.56 Å². The molecule has 1 rings (SSSR count). The average Bonchev–Trinajstić information content (AvgIpc) is 2.50. The molecular formula is C17H25NO4. The van der Waals surface area contributed by atoms with Crippen LogP contribution in [0.4, 0.5) is 0 Å². The molecule has 0 aromatic heterocycles. The first-order valence-corrected chi connectivity index (χ1v) is 7.44. The molecule has 1 atom stereocenters. The fourth-order valence-electron chi connectivity index (χ4n) is 2.00. The van der Waals surface area contributed by atoms with E-state index in [9.17, 15) is 14.7 Å². The van der Waals surface area contributed by atoms with Gasteiger partial charge in [0.05, 0.1) is 13.0 Å². The summed E-state index contributed by atoms with van der Waals surface area (Å²) in [5.74, 6) is -1.08. The molecule has 1 aromatic rings. The molecule has 0 radical (unpaired) electrons. The van der Waals surface area contributed by atoms with Crippen molar-refractivity contribution in [3.63, 3.8) is 0 Å². The fourth-order valence-corrected chi connectivity index (χ4v) is 2.00. The van der Waals surface area contributed by atoms with Crippen molar-refractivity contribution in [2.45, 2.75) is 33.6 Å². The Morgan fingerprint density at radius 1 is 1.32 bits per heavy atom. The molecular weight excluding hydrogens is 282 g/mol. The minimum Gasteiger partial charge on any atom is -0.496 e. The van der Waals surface area contributed by atoms with E-state index >= 15 is 0 Å². The molecule has 5 nitrogen and oxygen atoms in total. The molecule has 0 saturated heterocycles. The average molecular weight is 307 g/mol. The Balaban J connectivity index is 2.75. The molecule has 22 heavy (non-hydrogen) atoms. The molecule has 0 fully saturated rings. The van der Waals surface area contributed by atoms with Crippen molar-refractivity contribution in [1.82, 2.24) is 5.32 Å². The lowest BCUT2D eigenvalue weighted by molar-refractivity contribution is -0.141. The van der Waals surface area contributed by atoms with Crippen molar-refractivity contribution >= 4 is 11.9 Å². The lowest BCUT2D eigenvalue weighted by atomic mass is 9.89. The van der Waals surface area contributed by atoms with Crippen LogP contribution < -0.4 is 10.1 Å². The van der Waals surface area contributed by atoms with Crippen molar-refractivity contribution in [3.8, 4) is 5.75 Å². The van der Waals surface area contributed by atoms with Gasteiger partial charge in [0.1, 0.15) is 5.75 Å². The van der Waals surface area contributed by atoms with Gasteiger partial charge in [0, 0.05) is 12.0 Å². The van der Waals surface area contributed by atoms with Gasteiger partial charge in [-0.15, -0.1) is 0 Å². The smallest absolute Gasteiger partial charge is 0.308 e. The minimum absolute atomic E-state index is 0.107. The highest BCUT2D eigenvalue weighted by molar-refractivity contribution is 5.82. The molecule has 0 aliphatic heterocycles. The van der Waals surface area contributed by atoms with E-state index < -0.39 is 17.3 Å². The first kappa shape index (κ1) is 18.0. The molecule has 0 aliphatic carbocycles. The highest BCUT2D eigenvalue weighted by Gasteiger charge is 2.27. The summed E-state index contributed by atoms with van der Waals surface area (Å²) >= 11 is 0. The third-order valence-corrected chi connectivity index (χ3v) is 4.02. The third-order valence-electron chi connectivity index (χ3n) is 4.02. The second-order valence-corrected chi connectivity index (χ2v) is 6.00. The zero-order valence-corrected chi connectivity index (χ0v) is 13.7. The molecule has 0 bridgehead atoms. The maximum atomic E-state index is 12.1. The maximum absolute atomic E-state index is 12.1. The summed E-state index contributed by atoms with van der Waals surface area (Å²) in [5.41, 5.74) is 0.328. The SMILES string of the molecule is CCC(C)(C)C(=O)NCC(Cc1ccccc1OC)C(=O)O. The van der Waals surface area contributed by atoms with E-state index in [1.807, 2.05) is 39.0 Å². The van der Waals surface area contributed by atoms with E-state index in [0.29, 0.717) is 18.6 Å². The number of carbonyl (C=O) groups excluding carboxylic acids is 1. The Morgan fingerprint density at radius 2 is 1.95 bits per heavy atom. The van der Waals surface area contributed by atoms with Gasteiger partial charge in [0.2, 0.25) is 5.91 Å². The molecule has 1 aromatic carbocycles. The fraction of sp³-hybridized carbons (Fsp3) is 0.529. The highest BCUT2D eigenvalue weighted by atomic mass is 16.5. The number of amides is 1. The number of para-hydroxylation sites is 1. The Hall–Kier alpha value is -2.04. The summed E-state index contributed by atoms with van der Waals surface area (Å²) in [5, 5.41) is 12.1. The van der Waals surface area contributed by atoms with E-state index in [-0.39, 0.29) is 12.5 Å². The van der Waals surface area contributed by atoms with E-state index in [4.69, 9.17) is 4.74 Å². The zero-order chi connectivity index (χ0) is 16.8. The van der Waals surface area contributed by atoms with E-state index in [2.05, 4.69) is 5.32 Å². The Kier molecular flexibility index (Phi) is 6.40. The van der Waals surface area contributed by atoms with Gasteiger partial charge in [-0.25, -0.2) is 0 Å². The van der Waals surface area contributed by atoms with Crippen LogP contribution in [0.15, 0.2) is 24.3 Å². The molecule has 122 valence electrons. The van der Waals surface area contributed by atoms with Crippen molar-refractivity contribution in [3.05, 3.63) is 29.8 Å². The quantitative estimate of drug-likeness (QED) is 0.773. The highest BCUT2D eigenvalue weighted by Crippen LogP contribution is 2.22. The summed E-state index contributed by atoms with van der Waals surface area (Å²) in [7, 11) is 1.56. The lowest BCUT2D eigenvalue weighted by Crippen LogP contribution is -2.41. The number of methoxy groups -OCH3 is 1. The van der Waals surface area contributed by atoms with Crippen LogP contribution in [0.25, 0.3) is 0 Å². The number of carbonyl (C=O) groups is 2. The van der Waals surface area contributed by atoms with Crippen molar-refractivity contribution < 1.29 is 19.4 Å². The summed E-state index contributed by atoms with van der Waals surface area (Å²) < 4.78 is 5.24. The van der Waals surface area contributed by atoms with Gasteiger partial charge in [-0.3, -0.25) is 9.59 Å². The van der Waals surface area contributed by atoms with Crippen LogP contribution in [0, 0.1) is 11.3 Å². The number of carboxylic acid groups (broad SMARTS) is 1. The molecule has 5 heteroatoms. The Morgan fingerprint density at radius 3 is 2.50 bits per heavy atom. The molecule has 0 heterocycles. The van der Waals surface area contributed by atoms with Crippen LogP contribution in [-0.2, 0) is 16.0 Å². The molecule has 1 unspecified atom stereocenters. The summed E-state index contributed by atoms with van der Waals surface area (Å²) in [4.78, 5) is 23.5. The topological polar surface area (TPSA) is 75.6 Å². The summed E-state index contributed by atoms with van der Waals surface area (Å²) in [6.45, 7) is 5.73. The van der Waals surface area contributed by atoms with Gasteiger partial charge >= 0.3 is 5.97 Å². The number of nitrogens with one attached hydrogen (secondary N) is 1. The number of carboxylic acids is 1. The Bertz CT molecular complexity index is 525. The molecule has 1 amide bonds. The van der Waals surface area contributed by atoms with Gasteiger partial charge in [-0.2, -0.15) is 0 Å². The first-order valence-electron chi connectivity index (χ1n) is 7.44. The van der Waals surface area contributed by atoms with Gasteiger partial charge in [0.25, 0.3) is 0 Å². The van der Waals surface area contributed by atoms with Crippen molar-refractivity contribution in [2.24, 2.45) is 11.3 Å². The summed E-state index contributed by atoms with van der Waals surface area (Å²) in [6.07, 6.45) is 1.01. The van der Waals surface area contributed by atoms with Crippen LogP contribution in [0.2, 0.25) is 0 Å².